The fraction of sp³-hybridized carbons (Fsp3) is 0.857. The molecule has 0 spiro atoms. The largest absolute Gasteiger partial charge is 0.480 e. The van der Waals surface area contributed by atoms with E-state index in [2.05, 4.69) is 0 Å². The van der Waals surface area contributed by atoms with Crippen molar-refractivity contribution in [2.45, 2.75) is 25.9 Å². The van der Waals surface area contributed by atoms with Gasteiger partial charge in [-0.1, -0.05) is 0 Å². The Balaban J connectivity index is 2.58. The monoisotopic (exact) mass is 175 g/mol. The minimum atomic E-state index is -0.691. The second-order valence-electron chi connectivity index (χ2n) is 2.96. The molecule has 1 saturated heterocycles. The molecule has 0 aromatic carbocycles. The molecule has 1 atom stereocenters. The third-order valence-corrected chi connectivity index (χ3v) is 2.90. The predicted octanol–water partition coefficient (Wildman–Crippen LogP) is 0.854. The Bertz CT molecular complexity index is 161. The number of hydrogen-bond acceptors (Lipinski definition) is 3. The molecule has 0 aromatic heterocycles. The van der Waals surface area contributed by atoms with Gasteiger partial charge in [0.25, 0.3) is 0 Å². The van der Waals surface area contributed by atoms with Gasteiger partial charge in [0.15, 0.2) is 0 Å². The summed E-state index contributed by atoms with van der Waals surface area (Å²) in [5, 5.41) is 8.78. The van der Waals surface area contributed by atoms with Crippen LogP contribution in [0.4, 0.5) is 0 Å². The second-order valence-corrected chi connectivity index (χ2v) is 3.96. The van der Waals surface area contributed by atoms with Gasteiger partial charge in [-0.05, 0) is 13.8 Å². The molecule has 1 aliphatic rings. The summed E-state index contributed by atoms with van der Waals surface area (Å²) in [5.74, 6) is 0.894. The Morgan fingerprint density at radius 2 is 2.36 bits per heavy atom. The highest BCUT2D eigenvalue weighted by atomic mass is 32.2. The van der Waals surface area contributed by atoms with Gasteiger partial charge < -0.3 is 5.11 Å². The molecular formula is C7H13NO2S. The molecule has 64 valence electrons. The van der Waals surface area contributed by atoms with E-state index in [1.165, 1.54) is 0 Å². The molecule has 0 radical (unpaired) electrons. The molecular weight excluding hydrogens is 162 g/mol. The minimum Gasteiger partial charge on any atom is -0.480 e. The summed E-state index contributed by atoms with van der Waals surface area (Å²) in [5.41, 5.74) is 0. The van der Waals surface area contributed by atoms with Crippen molar-refractivity contribution in [3.63, 3.8) is 0 Å². The highest BCUT2D eigenvalue weighted by Gasteiger charge is 2.32. The van der Waals surface area contributed by atoms with E-state index in [4.69, 9.17) is 5.11 Å². The summed E-state index contributed by atoms with van der Waals surface area (Å²) in [6, 6.07) is 0.0751. The van der Waals surface area contributed by atoms with Crippen LogP contribution in [0.2, 0.25) is 0 Å². The van der Waals surface area contributed by atoms with Crippen LogP contribution in [-0.2, 0) is 4.79 Å². The Kier molecular flexibility index (Phi) is 2.78. The summed E-state index contributed by atoms with van der Waals surface area (Å²) in [6.45, 7) is 4.06. The summed E-state index contributed by atoms with van der Waals surface area (Å²) in [6.07, 6.45) is 0. The zero-order chi connectivity index (χ0) is 8.43. The number of thioether (sulfide) groups is 1. The Hall–Kier alpha value is -0.220. The van der Waals surface area contributed by atoms with Gasteiger partial charge in [0.05, 0.1) is 0 Å². The molecule has 1 fully saturated rings. The zero-order valence-corrected chi connectivity index (χ0v) is 7.60. The normalized spacial score (nSPS) is 26.3. The molecule has 0 aliphatic carbocycles. The van der Waals surface area contributed by atoms with Crippen LogP contribution in [0.15, 0.2) is 0 Å². The predicted molar refractivity (Wildman–Crippen MR) is 45.7 cm³/mol. The SMILES string of the molecule is CC(C)N1CSC[C@H]1C(=O)O. The number of aliphatic carboxylic acids is 1. The molecule has 0 amide bonds. The lowest BCUT2D eigenvalue weighted by molar-refractivity contribution is -0.142. The van der Waals surface area contributed by atoms with Gasteiger partial charge in [-0.15, -0.1) is 11.8 Å². The molecule has 1 rings (SSSR count). The van der Waals surface area contributed by atoms with E-state index in [1.54, 1.807) is 11.8 Å². The molecule has 1 heterocycles. The van der Waals surface area contributed by atoms with E-state index in [0.717, 1.165) is 11.6 Å². The van der Waals surface area contributed by atoms with Crippen molar-refractivity contribution >= 4 is 17.7 Å². The van der Waals surface area contributed by atoms with Crippen LogP contribution in [0.5, 0.6) is 0 Å². The fourth-order valence-corrected chi connectivity index (χ4v) is 2.53. The maximum atomic E-state index is 10.7. The average molecular weight is 175 g/mol. The van der Waals surface area contributed by atoms with Gasteiger partial charge in [-0.3, -0.25) is 9.69 Å². The van der Waals surface area contributed by atoms with Crippen LogP contribution < -0.4 is 0 Å². The van der Waals surface area contributed by atoms with E-state index in [-0.39, 0.29) is 6.04 Å². The van der Waals surface area contributed by atoms with Crippen molar-refractivity contribution in [3.05, 3.63) is 0 Å². The van der Waals surface area contributed by atoms with E-state index >= 15 is 0 Å². The van der Waals surface area contributed by atoms with Crippen LogP contribution in [0.3, 0.4) is 0 Å². The standard InChI is InChI=1S/C7H13NO2S/c1-5(2)8-4-11-3-6(8)7(9)10/h5-6H,3-4H2,1-2H3,(H,9,10)/t6-/m0/s1. The lowest BCUT2D eigenvalue weighted by Crippen LogP contribution is -2.41. The lowest BCUT2D eigenvalue weighted by atomic mass is 10.2. The molecule has 0 unspecified atom stereocenters. The minimum absolute atomic E-state index is 0.264. The summed E-state index contributed by atoms with van der Waals surface area (Å²) in [7, 11) is 0. The third-order valence-electron chi connectivity index (χ3n) is 1.86. The number of carboxylic acid groups (broad SMARTS) is 1. The highest BCUT2D eigenvalue weighted by Crippen LogP contribution is 2.22. The van der Waals surface area contributed by atoms with Gasteiger partial charge in [0.1, 0.15) is 6.04 Å². The molecule has 0 bridgehead atoms. The summed E-state index contributed by atoms with van der Waals surface area (Å²) < 4.78 is 0. The highest BCUT2D eigenvalue weighted by molar-refractivity contribution is 7.99. The van der Waals surface area contributed by atoms with Gasteiger partial charge >= 0.3 is 5.97 Å². The molecule has 1 aliphatic heterocycles. The lowest BCUT2D eigenvalue weighted by Gasteiger charge is -2.23. The first-order valence-electron chi connectivity index (χ1n) is 3.69. The smallest absolute Gasteiger partial charge is 0.321 e. The molecule has 1 N–H and O–H groups in total. The van der Waals surface area contributed by atoms with Crippen LogP contribution in [0, 0.1) is 0 Å². The van der Waals surface area contributed by atoms with Crippen LogP contribution in [0.1, 0.15) is 13.8 Å². The average Bonchev–Trinajstić information content (AvgIpc) is 2.32. The third kappa shape index (κ3) is 1.87. The van der Waals surface area contributed by atoms with E-state index in [1.807, 2.05) is 18.7 Å². The van der Waals surface area contributed by atoms with Crippen molar-refractivity contribution < 1.29 is 9.90 Å². The van der Waals surface area contributed by atoms with E-state index in [0.29, 0.717) is 6.04 Å². The van der Waals surface area contributed by atoms with Crippen molar-refractivity contribution in [2.75, 3.05) is 11.6 Å². The number of rotatable bonds is 2. The van der Waals surface area contributed by atoms with Gasteiger partial charge in [-0.25, -0.2) is 0 Å². The molecule has 0 saturated carbocycles. The van der Waals surface area contributed by atoms with Crippen molar-refractivity contribution in [1.82, 2.24) is 4.90 Å². The van der Waals surface area contributed by atoms with Crippen molar-refractivity contribution in [1.29, 1.82) is 0 Å². The quantitative estimate of drug-likeness (QED) is 0.675. The van der Waals surface area contributed by atoms with Gasteiger partial charge in [0.2, 0.25) is 0 Å². The van der Waals surface area contributed by atoms with Gasteiger partial charge in [0, 0.05) is 17.7 Å². The zero-order valence-electron chi connectivity index (χ0n) is 6.78. The first kappa shape index (κ1) is 8.87. The van der Waals surface area contributed by atoms with Crippen molar-refractivity contribution in [2.24, 2.45) is 0 Å². The second kappa shape index (κ2) is 3.45. The number of nitrogens with zero attached hydrogens (tertiary/aromatic N) is 1. The number of carboxylic acids is 1. The Labute approximate surface area is 70.8 Å². The Morgan fingerprint density at radius 3 is 2.73 bits per heavy atom. The van der Waals surface area contributed by atoms with E-state index < -0.39 is 5.97 Å². The molecule has 0 aromatic rings. The maximum absolute atomic E-state index is 10.7. The first-order chi connectivity index (χ1) is 5.13. The Morgan fingerprint density at radius 1 is 1.73 bits per heavy atom. The van der Waals surface area contributed by atoms with Crippen LogP contribution >= 0.6 is 11.8 Å². The summed E-state index contributed by atoms with van der Waals surface area (Å²) in [4.78, 5) is 12.7. The first-order valence-corrected chi connectivity index (χ1v) is 4.84. The van der Waals surface area contributed by atoms with E-state index in [9.17, 15) is 4.79 Å². The molecule has 4 heteroatoms. The topological polar surface area (TPSA) is 40.5 Å². The fourth-order valence-electron chi connectivity index (χ4n) is 1.18. The van der Waals surface area contributed by atoms with Crippen molar-refractivity contribution in [3.8, 4) is 0 Å². The summed E-state index contributed by atoms with van der Waals surface area (Å²) >= 11 is 1.69. The molecule has 11 heavy (non-hydrogen) atoms. The number of hydrogen-bond donors (Lipinski definition) is 1. The van der Waals surface area contributed by atoms with Crippen LogP contribution in [0.25, 0.3) is 0 Å². The number of carbonyl (C=O) groups is 1. The molecule has 3 nitrogen and oxygen atoms in total. The van der Waals surface area contributed by atoms with Gasteiger partial charge in [-0.2, -0.15) is 0 Å². The van der Waals surface area contributed by atoms with Crippen LogP contribution in [-0.4, -0.2) is 39.7 Å². The maximum Gasteiger partial charge on any atom is 0.321 e.